The zero-order valence-corrected chi connectivity index (χ0v) is 43.3. The molecule has 0 heterocycles. The van der Waals surface area contributed by atoms with E-state index in [0.717, 1.165) is 64.2 Å². The summed E-state index contributed by atoms with van der Waals surface area (Å²) in [5.41, 5.74) is 0. The lowest BCUT2D eigenvalue weighted by Gasteiger charge is -2.18. The van der Waals surface area contributed by atoms with Gasteiger partial charge in [-0.25, -0.2) is 0 Å². The number of allylic oxidation sites excluding steroid dienone is 6. The maximum Gasteiger partial charge on any atom is 0.306 e. The smallest absolute Gasteiger partial charge is 0.306 e. The van der Waals surface area contributed by atoms with Crippen LogP contribution in [0.5, 0.6) is 0 Å². The van der Waals surface area contributed by atoms with Gasteiger partial charge in [-0.3, -0.25) is 9.59 Å². The number of carbonyl (C=O) groups is 2. The van der Waals surface area contributed by atoms with Gasteiger partial charge in [0.25, 0.3) is 0 Å². The first kappa shape index (κ1) is 62.1. The third-order valence-corrected chi connectivity index (χ3v) is 12.6. The zero-order valence-electron chi connectivity index (χ0n) is 43.3. The maximum atomic E-state index is 12.8. The topological polar surface area (TPSA) is 61.8 Å². The van der Waals surface area contributed by atoms with E-state index in [2.05, 4.69) is 57.2 Å². The number of ether oxygens (including phenoxy) is 3. The van der Waals surface area contributed by atoms with E-state index < -0.39 is 6.10 Å². The lowest BCUT2D eigenvalue weighted by Crippen LogP contribution is -2.30. The second-order valence-electron chi connectivity index (χ2n) is 19.2. The molecule has 0 fully saturated rings. The van der Waals surface area contributed by atoms with Crippen molar-refractivity contribution in [1.82, 2.24) is 0 Å². The fourth-order valence-electron chi connectivity index (χ4n) is 8.36. The second kappa shape index (κ2) is 55.4. The molecule has 0 aromatic carbocycles. The van der Waals surface area contributed by atoms with Crippen molar-refractivity contribution < 1.29 is 23.8 Å². The predicted octanol–water partition coefficient (Wildman–Crippen LogP) is 19.4. The van der Waals surface area contributed by atoms with Crippen LogP contribution in [0, 0.1) is 0 Å². The monoisotopic (exact) mass is 899 g/mol. The first-order valence-electron chi connectivity index (χ1n) is 28.5. The number of esters is 2. The lowest BCUT2D eigenvalue weighted by atomic mass is 10.0. The normalized spacial score (nSPS) is 12.4. The van der Waals surface area contributed by atoms with Gasteiger partial charge in [0.05, 0.1) is 6.61 Å². The highest BCUT2D eigenvalue weighted by Crippen LogP contribution is 2.16. The van der Waals surface area contributed by atoms with E-state index in [-0.39, 0.29) is 25.2 Å². The van der Waals surface area contributed by atoms with Crippen molar-refractivity contribution in [2.75, 3.05) is 19.8 Å². The quantitative estimate of drug-likeness (QED) is 0.0346. The van der Waals surface area contributed by atoms with Crippen molar-refractivity contribution in [3.05, 3.63) is 36.5 Å². The first-order chi connectivity index (χ1) is 31.6. The number of carbonyl (C=O) groups excluding carboxylic acids is 2. The van der Waals surface area contributed by atoms with Crippen molar-refractivity contribution in [1.29, 1.82) is 0 Å². The highest BCUT2D eigenvalue weighted by molar-refractivity contribution is 5.70. The van der Waals surface area contributed by atoms with Crippen LogP contribution < -0.4 is 0 Å². The van der Waals surface area contributed by atoms with Crippen molar-refractivity contribution >= 4 is 11.9 Å². The molecule has 0 aromatic heterocycles. The van der Waals surface area contributed by atoms with E-state index in [4.69, 9.17) is 14.2 Å². The van der Waals surface area contributed by atoms with Gasteiger partial charge in [-0.1, -0.05) is 250 Å². The van der Waals surface area contributed by atoms with Crippen molar-refractivity contribution in [3.63, 3.8) is 0 Å². The molecule has 0 saturated carbocycles. The fourth-order valence-corrected chi connectivity index (χ4v) is 8.36. The van der Waals surface area contributed by atoms with Gasteiger partial charge in [-0.05, 0) is 77.0 Å². The van der Waals surface area contributed by atoms with E-state index in [1.165, 1.54) is 205 Å². The molecule has 0 aliphatic rings. The average Bonchev–Trinajstić information content (AvgIpc) is 3.30. The Morgan fingerprint density at radius 3 is 1.09 bits per heavy atom. The highest BCUT2D eigenvalue weighted by atomic mass is 16.6. The summed E-state index contributed by atoms with van der Waals surface area (Å²) < 4.78 is 17.5. The van der Waals surface area contributed by atoms with Crippen LogP contribution in [-0.2, 0) is 23.8 Å². The van der Waals surface area contributed by atoms with Crippen LogP contribution in [-0.4, -0.2) is 37.9 Å². The van der Waals surface area contributed by atoms with Gasteiger partial charge in [0.1, 0.15) is 6.61 Å². The third kappa shape index (κ3) is 52.7. The molecule has 0 amide bonds. The van der Waals surface area contributed by atoms with Crippen LogP contribution in [0.3, 0.4) is 0 Å². The van der Waals surface area contributed by atoms with Crippen molar-refractivity contribution in [2.24, 2.45) is 0 Å². The van der Waals surface area contributed by atoms with Gasteiger partial charge < -0.3 is 14.2 Å². The minimum Gasteiger partial charge on any atom is -0.462 e. The average molecular weight is 900 g/mol. The molecule has 0 spiro atoms. The third-order valence-electron chi connectivity index (χ3n) is 12.6. The summed E-state index contributed by atoms with van der Waals surface area (Å²) in [5.74, 6) is -0.407. The van der Waals surface area contributed by atoms with Crippen LogP contribution in [0.4, 0.5) is 0 Å². The molecule has 64 heavy (non-hydrogen) atoms. The van der Waals surface area contributed by atoms with Crippen LogP contribution in [0.25, 0.3) is 0 Å². The van der Waals surface area contributed by atoms with E-state index in [1.54, 1.807) is 0 Å². The van der Waals surface area contributed by atoms with E-state index in [0.29, 0.717) is 19.4 Å². The Labute approximate surface area is 400 Å². The summed E-state index contributed by atoms with van der Waals surface area (Å²) in [5, 5.41) is 0. The molecular weight excluding hydrogens is 789 g/mol. The summed E-state index contributed by atoms with van der Waals surface area (Å²) in [6.45, 7) is 7.82. The van der Waals surface area contributed by atoms with Gasteiger partial charge in [-0.15, -0.1) is 0 Å². The standard InChI is InChI=1S/C59H110O5/c1-4-7-10-13-16-19-22-25-27-28-29-30-31-33-36-39-42-45-48-51-54-62-55-57(64-59(61)53-50-47-44-41-38-34-24-21-18-15-12-9-6-3)56-63-58(60)52-49-46-43-40-37-35-32-26-23-20-17-14-11-8-5-2/h17,20-21,24,26,32,57H,4-16,18-19,22-23,25,27-31,33-56H2,1-3H3/b20-17-,24-21-,32-26-. The minimum atomic E-state index is -0.542. The molecule has 0 aliphatic heterocycles. The van der Waals surface area contributed by atoms with Crippen LogP contribution in [0.1, 0.15) is 303 Å². The molecule has 0 aromatic rings. The molecular formula is C59H110O5. The molecule has 0 bridgehead atoms. The Morgan fingerprint density at radius 2 is 0.656 bits per heavy atom. The van der Waals surface area contributed by atoms with Gasteiger partial charge in [-0.2, -0.15) is 0 Å². The first-order valence-corrected chi connectivity index (χ1v) is 28.5. The largest absolute Gasteiger partial charge is 0.462 e. The molecule has 5 nitrogen and oxygen atoms in total. The molecule has 1 atom stereocenters. The Bertz CT molecular complexity index is 1020. The molecule has 0 radical (unpaired) electrons. The summed E-state index contributed by atoms with van der Waals surface area (Å²) in [4.78, 5) is 25.4. The number of hydrogen-bond donors (Lipinski definition) is 0. The summed E-state index contributed by atoms with van der Waals surface area (Å²) in [7, 11) is 0. The Balaban J connectivity index is 4.21. The number of hydrogen-bond acceptors (Lipinski definition) is 5. The highest BCUT2D eigenvalue weighted by Gasteiger charge is 2.17. The molecule has 0 aliphatic carbocycles. The van der Waals surface area contributed by atoms with E-state index >= 15 is 0 Å². The van der Waals surface area contributed by atoms with E-state index in [1.807, 2.05) is 0 Å². The molecule has 0 N–H and O–H groups in total. The van der Waals surface area contributed by atoms with Crippen LogP contribution in [0.15, 0.2) is 36.5 Å². The number of rotatable bonds is 53. The fraction of sp³-hybridized carbons (Fsp3) is 0.864. The minimum absolute atomic E-state index is 0.0796. The van der Waals surface area contributed by atoms with Crippen molar-refractivity contribution in [2.45, 2.75) is 309 Å². The van der Waals surface area contributed by atoms with E-state index in [9.17, 15) is 9.59 Å². The maximum absolute atomic E-state index is 12.8. The molecule has 0 rings (SSSR count). The Morgan fingerprint density at radius 1 is 0.344 bits per heavy atom. The Hall–Kier alpha value is -1.88. The van der Waals surface area contributed by atoms with Gasteiger partial charge in [0, 0.05) is 19.4 Å². The van der Waals surface area contributed by atoms with Crippen LogP contribution in [0.2, 0.25) is 0 Å². The molecule has 376 valence electrons. The van der Waals surface area contributed by atoms with Gasteiger partial charge in [0.2, 0.25) is 0 Å². The zero-order chi connectivity index (χ0) is 46.3. The number of unbranched alkanes of at least 4 members (excludes halogenated alkanes) is 36. The second-order valence-corrected chi connectivity index (χ2v) is 19.2. The molecule has 5 heteroatoms. The molecule has 1 unspecified atom stereocenters. The summed E-state index contributed by atoms with van der Waals surface area (Å²) >= 11 is 0. The SMILES string of the molecule is CCCCC/C=C\C/C=C\CCCCCCCC(=O)OCC(COCCCCCCCCCCCCCCCCCCCCCC)OC(=O)CCCCCCC/C=C\CCCCCC. The van der Waals surface area contributed by atoms with Crippen LogP contribution >= 0.6 is 0 Å². The molecule has 0 saturated heterocycles. The van der Waals surface area contributed by atoms with Gasteiger partial charge in [0.15, 0.2) is 6.10 Å². The van der Waals surface area contributed by atoms with Crippen molar-refractivity contribution in [3.8, 4) is 0 Å². The summed E-state index contributed by atoms with van der Waals surface area (Å²) in [6, 6.07) is 0. The van der Waals surface area contributed by atoms with Gasteiger partial charge >= 0.3 is 11.9 Å². The summed E-state index contributed by atoms with van der Waals surface area (Å²) in [6.07, 6.45) is 67.4. The lowest BCUT2D eigenvalue weighted by molar-refractivity contribution is -0.163. The predicted molar refractivity (Wildman–Crippen MR) is 279 cm³/mol. The Kier molecular flexibility index (Phi) is 53.8.